The second-order valence-electron chi connectivity index (χ2n) is 11.6. The number of aryl methyl sites for hydroxylation is 1. The van der Waals surface area contributed by atoms with E-state index in [4.69, 9.17) is 11.6 Å². The van der Waals surface area contributed by atoms with E-state index in [1.807, 2.05) is 10.9 Å². The predicted molar refractivity (Wildman–Crippen MR) is 154 cm³/mol. The van der Waals surface area contributed by atoms with Gasteiger partial charge in [-0.3, -0.25) is 9.10 Å². The molecule has 2 atom stereocenters. The Morgan fingerprint density at radius 1 is 1.15 bits per heavy atom. The highest BCUT2D eigenvalue weighted by atomic mass is 35.5. The molecule has 1 aliphatic heterocycles. The molecule has 5 rings (SSSR count). The van der Waals surface area contributed by atoms with Gasteiger partial charge in [0.2, 0.25) is 5.91 Å². The third-order valence-corrected chi connectivity index (χ3v) is 9.25. The lowest BCUT2D eigenvalue weighted by Gasteiger charge is -2.31. The third kappa shape index (κ3) is 6.24. The van der Waals surface area contributed by atoms with E-state index in [9.17, 15) is 13.2 Å². The molecule has 3 aromatic rings. The molecule has 2 heterocycles. The number of sulfonamides is 1. The number of amides is 1. The van der Waals surface area contributed by atoms with Crippen LogP contribution in [-0.2, 0) is 34.2 Å². The molecule has 212 valence electrons. The van der Waals surface area contributed by atoms with E-state index in [-0.39, 0.29) is 22.8 Å². The Morgan fingerprint density at radius 2 is 1.93 bits per heavy atom. The Bertz CT molecular complexity index is 1510. The summed E-state index contributed by atoms with van der Waals surface area (Å²) in [7, 11) is -3.99. The molecule has 11 heteroatoms. The number of nitrogens with one attached hydrogen (secondary N) is 2. The summed E-state index contributed by atoms with van der Waals surface area (Å²) < 4.78 is 29.7. The summed E-state index contributed by atoms with van der Waals surface area (Å²) >= 11 is 5.94. The zero-order valence-corrected chi connectivity index (χ0v) is 24.5. The maximum Gasteiger partial charge on any atom is 0.264 e. The molecule has 2 aromatic carbocycles. The molecule has 0 saturated carbocycles. The fourth-order valence-electron chi connectivity index (χ4n) is 5.23. The Kier molecular flexibility index (Phi) is 8.03. The van der Waals surface area contributed by atoms with E-state index < -0.39 is 22.0 Å². The van der Waals surface area contributed by atoms with E-state index in [2.05, 4.69) is 59.9 Å². The van der Waals surface area contributed by atoms with E-state index in [0.29, 0.717) is 10.7 Å². The summed E-state index contributed by atoms with van der Waals surface area (Å²) in [6, 6.07) is 11.6. The molecule has 1 aromatic heterocycles. The van der Waals surface area contributed by atoms with Gasteiger partial charge < -0.3 is 10.6 Å². The van der Waals surface area contributed by atoms with Gasteiger partial charge in [0, 0.05) is 43.1 Å². The molecule has 0 bridgehead atoms. The Hall–Kier alpha value is -3.21. The van der Waals surface area contributed by atoms with Crippen LogP contribution in [0.4, 0.5) is 0 Å². The van der Waals surface area contributed by atoms with Crippen LogP contribution >= 0.6 is 11.6 Å². The van der Waals surface area contributed by atoms with Gasteiger partial charge in [-0.2, -0.15) is 0 Å². The third-order valence-electron chi connectivity index (χ3n) is 7.20. The zero-order chi connectivity index (χ0) is 28.5. The van der Waals surface area contributed by atoms with Crippen molar-refractivity contribution in [2.24, 2.45) is 5.41 Å². The van der Waals surface area contributed by atoms with Crippen molar-refractivity contribution >= 4 is 27.5 Å². The summed E-state index contributed by atoms with van der Waals surface area (Å²) in [5.74, 6) is -0.426. The summed E-state index contributed by atoms with van der Waals surface area (Å²) in [5, 5.41) is 15.3. The maximum atomic E-state index is 13.4. The second-order valence-corrected chi connectivity index (χ2v) is 13.9. The minimum absolute atomic E-state index is 0.0376. The molecule has 0 saturated heterocycles. The molecule has 0 spiro atoms. The number of benzene rings is 2. The topological polar surface area (TPSA) is 109 Å². The monoisotopic (exact) mass is 582 g/mol. The highest BCUT2D eigenvalue weighted by Gasteiger charge is 2.36. The Morgan fingerprint density at radius 3 is 2.67 bits per heavy atom. The molecule has 1 aliphatic carbocycles. The number of fused-ring (bicyclic) bond motifs is 1. The molecule has 0 radical (unpaired) electrons. The quantitative estimate of drug-likeness (QED) is 0.412. The van der Waals surface area contributed by atoms with Crippen molar-refractivity contribution in [2.45, 2.75) is 70.0 Å². The van der Waals surface area contributed by atoms with Crippen molar-refractivity contribution in [3.63, 3.8) is 0 Å². The molecular weight excluding hydrogens is 548 g/mol. The summed E-state index contributed by atoms with van der Waals surface area (Å²) in [5.41, 5.74) is 4.59. The fourth-order valence-corrected chi connectivity index (χ4v) is 6.81. The van der Waals surface area contributed by atoms with Crippen LogP contribution in [0, 0.1) is 5.41 Å². The van der Waals surface area contributed by atoms with Crippen LogP contribution in [0.2, 0.25) is 5.02 Å². The second kappa shape index (κ2) is 11.3. The average Bonchev–Trinajstić information content (AvgIpc) is 3.37. The van der Waals surface area contributed by atoms with Gasteiger partial charge >= 0.3 is 0 Å². The summed E-state index contributed by atoms with van der Waals surface area (Å²) in [4.78, 5) is 12.9. The van der Waals surface area contributed by atoms with Crippen molar-refractivity contribution in [3.05, 3.63) is 88.5 Å². The number of nitrogens with zero attached hydrogens (tertiary/aromatic N) is 4. The molecule has 40 heavy (non-hydrogen) atoms. The number of hydrogen-bond donors (Lipinski definition) is 2. The van der Waals surface area contributed by atoms with Crippen molar-refractivity contribution < 1.29 is 13.2 Å². The molecule has 0 fully saturated rings. The van der Waals surface area contributed by atoms with Gasteiger partial charge in [0.25, 0.3) is 10.0 Å². The smallest absolute Gasteiger partial charge is 0.264 e. The lowest BCUT2D eigenvalue weighted by molar-refractivity contribution is -0.124. The largest absolute Gasteiger partial charge is 0.329 e. The van der Waals surface area contributed by atoms with Crippen molar-refractivity contribution in [1.29, 1.82) is 0 Å². The SMILES string of the molecule is CC(C)(C)CNCc1ccc2c(c1)CCC[C@@H]2n1cc(C[C@@H]2C(=O)NC=CN2S(=O)(=O)c2ccc(Cl)cc2)nn1. The zero-order valence-electron chi connectivity index (χ0n) is 23.0. The number of hydrogen-bond acceptors (Lipinski definition) is 6. The number of halogens is 1. The first-order chi connectivity index (χ1) is 19.0. The van der Waals surface area contributed by atoms with E-state index >= 15 is 0 Å². The lowest BCUT2D eigenvalue weighted by Crippen LogP contribution is -2.50. The van der Waals surface area contributed by atoms with Crippen LogP contribution in [0.5, 0.6) is 0 Å². The molecule has 2 N–H and O–H groups in total. The number of carbonyl (C=O) groups is 1. The van der Waals surface area contributed by atoms with Crippen LogP contribution < -0.4 is 10.6 Å². The van der Waals surface area contributed by atoms with Gasteiger partial charge in [0.1, 0.15) is 6.04 Å². The number of aromatic nitrogens is 3. The van der Waals surface area contributed by atoms with E-state index in [1.54, 1.807) is 0 Å². The number of rotatable bonds is 8. The molecule has 1 amide bonds. The summed E-state index contributed by atoms with van der Waals surface area (Å²) in [6.07, 6.45) is 7.60. The van der Waals surface area contributed by atoms with Crippen LogP contribution in [-0.4, -0.2) is 46.2 Å². The van der Waals surface area contributed by atoms with Crippen molar-refractivity contribution in [2.75, 3.05) is 6.54 Å². The predicted octanol–water partition coefficient (Wildman–Crippen LogP) is 4.20. The molecule has 0 unspecified atom stereocenters. The molecule has 9 nitrogen and oxygen atoms in total. The first kappa shape index (κ1) is 28.3. The standard InChI is InChI=1S/C29H35ClN6O3S/c1-29(2,3)19-31-17-20-7-12-25-21(15-20)5-4-6-26(25)35-18-23(33-34-35)16-27-28(37)32-13-14-36(27)40(38,39)24-10-8-22(30)9-11-24/h7-15,18,26-27,31H,4-6,16-17,19H2,1-3H3,(H,32,37)/t26-,27+/m0/s1. The molecular formula is C29H35ClN6O3S. The van der Waals surface area contributed by atoms with Gasteiger partial charge in [-0.1, -0.05) is 55.8 Å². The highest BCUT2D eigenvalue weighted by Crippen LogP contribution is 2.33. The first-order valence-corrected chi connectivity index (χ1v) is 15.3. The van der Waals surface area contributed by atoms with Gasteiger partial charge in [0.05, 0.1) is 16.6 Å². The van der Waals surface area contributed by atoms with Gasteiger partial charge in [-0.15, -0.1) is 5.10 Å². The average molecular weight is 583 g/mol. The van der Waals surface area contributed by atoms with Gasteiger partial charge in [-0.05, 0) is 65.6 Å². The fraction of sp³-hybridized carbons (Fsp3) is 0.414. The van der Waals surface area contributed by atoms with Crippen molar-refractivity contribution in [3.8, 4) is 0 Å². The highest BCUT2D eigenvalue weighted by molar-refractivity contribution is 7.89. The summed E-state index contributed by atoms with van der Waals surface area (Å²) in [6.45, 7) is 8.43. The van der Waals surface area contributed by atoms with Crippen LogP contribution in [0.3, 0.4) is 0 Å². The maximum absolute atomic E-state index is 13.4. The van der Waals surface area contributed by atoms with Gasteiger partial charge in [0.15, 0.2) is 0 Å². The minimum atomic E-state index is -3.99. The Balaban J connectivity index is 1.33. The van der Waals surface area contributed by atoms with E-state index in [0.717, 1.165) is 36.7 Å². The number of carbonyl (C=O) groups excluding carboxylic acids is 1. The van der Waals surface area contributed by atoms with Gasteiger partial charge in [-0.25, -0.2) is 13.1 Å². The normalized spacial score (nSPS) is 19.4. The first-order valence-electron chi connectivity index (χ1n) is 13.5. The van der Waals surface area contributed by atoms with Crippen molar-refractivity contribution in [1.82, 2.24) is 29.9 Å². The van der Waals surface area contributed by atoms with E-state index in [1.165, 1.54) is 53.4 Å². The van der Waals surface area contributed by atoms with Crippen LogP contribution in [0.15, 0.2) is 66.0 Å². The molecule has 2 aliphatic rings. The lowest BCUT2D eigenvalue weighted by atomic mass is 9.86. The van der Waals surface area contributed by atoms with Crippen LogP contribution in [0.1, 0.15) is 62.0 Å². The van der Waals surface area contributed by atoms with Crippen LogP contribution in [0.25, 0.3) is 0 Å². The Labute approximate surface area is 240 Å². The minimum Gasteiger partial charge on any atom is -0.329 e.